The molecule has 10 heteroatoms. The molecule has 2 aromatic carbocycles. The van der Waals surface area contributed by atoms with Crippen LogP contribution in [0.4, 0.5) is 0 Å². The Kier molecular flexibility index (Phi) is 8.16. The first kappa shape index (κ1) is 24.4. The molecule has 0 fully saturated rings. The van der Waals surface area contributed by atoms with E-state index in [-0.39, 0.29) is 12.7 Å². The highest BCUT2D eigenvalue weighted by Crippen LogP contribution is 2.36. The zero-order valence-electron chi connectivity index (χ0n) is 18.8. The summed E-state index contributed by atoms with van der Waals surface area (Å²) in [6.07, 6.45) is 1.48. The second-order valence-electron chi connectivity index (χ2n) is 7.46. The second kappa shape index (κ2) is 11.0. The summed E-state index contributed by atoms with van der Waals surface area (Å²) in [6, 6.07) is 7.61. The molecule has 9 nitrogen and oxygen atoms in total. The number of benzene rings is 2. The van der Waals surface area contributed by atoms with Crippen LogP contribution < -0.4 is 29.7 Å². The van der Waals surface area contributed by atoms with Crippen LogP contribution in [0, 0.1) is 5.92 Å². The molecule has 1 heterocycles. The van der Waals surface area contributed by atoms with Gasteiger partial charge in [-0.3, -0.25) is 9.59 Å². The number of hydrogen-bond acceptors (Lipinski definition) is 7. The number of nitrogens with one attached hydrogen (secondary N) is 2. The van der Waals surface area contributed by atoms with Crippen LogP contribution in [-0.4, -0.2) is 44.6 Å². The molecule has 33 heavy (non-hydrogen) atoms. The maximum atomic E-state index is 12.7. The minimum atomic E-state index is -0.790. The Morgan fingerprint density at radius 3 is 2.67 bits per heavy atom. The molecule has 0 bridgehead atoms. The summed E-state index contributed by atoms with van der Waals surface area (Å²) in [4.78, 5) is 25.4. The van der Waals surface area contributed by atoms with Gasteiger partial charge in [0.15, 0.2) is 23.0 Å². The summed E-state index contributed by atoms with van der Waals surface area (Å²) < 4.78 is 22.2. The standard InChI is InChI=1S/C23H26BrN3O6/c1-5-31-21-16(24)8-14(9-19(21)30-4)11-25-27-23(29)20(13(2)3)26-22(28)15-6-7-17-18(10-15)33-12-32-17/h6-11,13,20H,5,12H2,1-4H3,(H,26,28)(H,27,29)/b25-11+. The van der Waals surface area contributed by atoms with Crippen molar-refractivity contribution in [1.29, 1.82) is 0 Å². The van der Waals surface area contributed by atoms with Crippen molar-refractivity contribution in [2.24, 2.45) is 11.0 Å². The molecule has 0 aromatic heterocycles. The second-order valence-corrected chi connectivity index (χ2v) is 8.32. The average molecular weight is 520 g/mol. The van der Waals surface area contributed by atoms with Gasteiger partial charge in [-0.1, -0.05) is 13.8 Å². The Hall–Kier alpha value is -3.27. The van der Waals surface area contributed by atoms with E-state index in [1.165, 1.54) is 6.21 Å². The van der Waals surface area contributed by atoms with Crippen molar-refractivity contribution in [3.8, 4) is 23.0 Å². The number of hydrogen-bond donors (Lipinski definition) is 2. The monoisotopic (exact) mass is 519 g/mol. The highest BCUT2D eigenvalue weighted by Gasteiger charge is 2.25. The minimum Gasteiger partial charge on any atom is -0.493 e. The Morgan fingerprint density at radius 2 is 1.97 bits per heavy atom. The van der Waals surface area contributed by atoms with Crippen LogP contribution in [0.5, 0.6) is 23.0 Å². The number of fused-ring (bicyclic) bond motifs is 1. The van der Waals surface area contributed by atoms with Crippen molar-refractivity contribution in [3.05, 3.63) is 45.9 Å². The van der Waals surface area contributed by atoms with Crippen LogP contribution in [0.1, 0.15) is 36.7 Å². The lowest BCUT2D eigenvalue weighted by Crippen LogP contribution is -2.48. The van der Waals surface area contributed by atoms with Crippen LogP contribution in [0.15, 0.2) is 39.9 Å². The van der Waals surface area contributed by atoms with Crippen LogP contribution in [-0.2, 0) is 4.79 Å². The highest BCUT2D eigenvalue weighted by molar-refractivity contribution is 9.10. The Balaban J connectivity index is 1.66. The smallest absolute Gasteiger partial charge is 0.262 e. The third kappa shape index (κ3) is 5.95. The predicted molar refractivity (Wildman–Crippen MR) is 126 cm³/mol. The minimum absolute atomic E-state index is 0.117. The summed E-state index contributed by atoms with van der Waals surface area (Å²) in [5, 5.41) is 6.79. The molecule has 0 saturated heterocycles. The number of halogens is 1. The van der Waals surface area contributed by atoms with Crippen molar-refractivity contribution in [3.63, 3.8) is 0 Å². The van der Waals surface area contributed by atoms with Crippen molar-refractivity contribution < 1.29 is 28.5 Å². The summed E-state index contributed by atoms with van der Waals surface area (Å²) >= 11 is 3.45. The molecule has 0 saturated carbocycles. The Bertz CT molecular complexity index is 1060. The van der Waals surface area contributed by atoms with Gasteiger partial charge in [0, 0.05) is 5.56 Å². The molecule has 0 aliphatic carbocycles. The lowest BCUT2D eigenvalue weighted by molar-refractivity contribution is -0.123. The fraction of sp³-hybridized carbons (Fsp3) is 0.348. The van der Waals surface area contributed by atoms with Gasteiger partial charge in [0.25, 0.3) is 11.8 Å². The molecule has 2 amide bonds. The number of amides is 2. The van der Waals surface area contributed by atoms with E-state index in [0.717, 1.165) is 0 Å². The first-order chi connectivity index (χ1) is 15.8. The molecule has 1 aliphatic rings. The van der Waals surface area contributed by atoms with Gasteiger partial charge < -0.3 is 24.3 Å². The van der Waals surface area contributed by atoms with Gasteiger partial charge in [0.05, 0.1) is 24.4 Å². The Morgan fingerprint density at radius 1 is 1.21 bits per heavy atom. The molecule has 1 atom stereocenters. The van der Waals surface area contributed by atoms with Crippen LogP contribution >= 0.6 is 15.9 Å². The Labute approximate surface area is 200 Å². The molecule has 1 unspecified atom stereocenters. The fourth-order valence-corrected chi connectivity index (χ4v) is 3.71. The van der Waals surface area contributed by atoms with Crippen LogP contribution in [0.3, 0.4) is 0 Å². The van der Waals surface area contributed by atoms with Crippen molar-refractivity contribution in [1.82, 2.24) is 10.7 Å². The van der Waals surface area contributed by atoms with Gasteiger partial charge in [0.1, 0.15) is 6.04 Å². The normalized spacial score (nSPS) is 13.2. The SMILES string of the molecule is CCOc1c(Br)cc(/C=N/NC(=O)C(NC(=O)c2ccc3c(c2)OCO3)C(C)C)cc1OC. The van der Waals surface area contributed by atoms with E-state index in [0.29, 0.717) is 45.2 Å². The first-order valence-corrected chi connectivity index (χ1v) is 11.2. The van der Waals surface area contributed by atoms with Crippen LogP contribution in [0.25, 0.3) is 0 Å². The molecule has 0 radical (unpaired) electrons. The van der Waals surface area contributed by atoms with Gasteiger partial charge in [-0.15, -0.1) is 0 Å². The third-order valence-corrected chi connectivity index (χ3v) is 5.39. The van der Waals surface area contributed by atoms with Crippen molar-refractivity contribution in [2.45, 2.75) is 26.8 Å². The lowest BCUT2D eigenvalue weighted by atomic mass is 10.0. The van der Waals surface area contributed by atoms with Crippen LogP contribution in [0.2, 0.25) is 0 Å². The number of carbonyl (C=O) groups excluding carboxylic acids is 2. The third-order valence-electron chi connectivity index (χ3n) is 4.80. The summed E-state index contributed by atoms with van der Waals surface area (Å²) in [5.74, 6) is 1.20. The highest BCUT2D eigenvalue weighted by atomic mass is 79.9. The van der Waals surface area contributed by atoms with E-state index in [4.69, 9.17) is 18.9 Å². The number of nitrogens with zero attached hydrogens (tertiary/aromatic N) is 1. The van der Waals surface area contributed by atoms with Gasteiger partial charge in [0.2, 0.25) is 6.79 Å². The number of rotatable bonds is 9. The maximum absolute atomic E-state index is 12.7. The van der Waals surface area contributed by atoms with E-state index >= 15 is 0 Å². The maximum Gasteiger partial charge on any atom is 0.262 e. The topological polar surface area (TPSA) is 107 Å². The van der Waals surface area contributed by atoms with E-state index < -0.39 is 17.9 Å². The lowest BCUT2D eigenvalue weighted by Gasteiger charge is -2.20. The zero-order valence-corrected chi connectivity index (χ0v) is 20.4. The quantitative estimate of drug-likeness (QED) is 0.387. The molecule has 2 aromatic rings. The molecular formula is C23H26BrN3O6. The van der Waals surface area contributed by atoms with E-state index in [1.807, 2.05) is 20.8 Å². The van der Waals surface area contributed by atoms with E-state index in [9.17, 15) is 9.59 Å². The molecule has 3 rings (SSSR count). The van der Waals surface area contributed by atoms with Gasteiger partial charge >= 0.3 is 0 Å². The number of ether oxygens (including phenoxy) is 4. The van der Waals surface area contributed by atoms with E-state index in [1.54, 1.807) is 37.4 Å². The molecule has 0 spiro atoms. The summed E-state index contributed by atoms with van der Waals surface area (Å²) in [7, 11) is 1.54. The predicted octanol–water partition coefficient (Wildman–Crippen LogP) is 3.49. The van der Waals surface area contributed by atoms with Gasteiger partial charge in [-0.25, -0.2) is 5.43 Å². The summed E-state index contributed by atoms with van der Waals surface area (Å²) in [6.45, 7) is 6.16. The fourth-order valence-electron chi connectivity index (χ4n) is 3.14. The van der Waals surface area contributed by atoms with Crippen molar-refractivity contribution >= 4 is 34.0 Å². The number of methoxy groups -OCH3 is 1. The van der Waals surface area contributed by atoms with Crippen molar-refractivity contribution in [2.75, 3.05) is 20.5 Å². The largest absolute Gasteiger partial charge is 0.493 e. The zero-order chi connectivity index (χ0) is 24.0. The molecular weight excluding hydrogens is 494 g/mol. The average Bonchev–Trinajstić information content (AvgIpc) is 3.26. The first-order valence-electron chi connectivity index (χ1n) is 10.4. The van der Waals surface area contributed by atoms with E-state index in [2.05, 4.69) is 31.8 Å². The van der Waals surface area contributed by atoms with Gasteiger partial charge in [-0.2, -0.15) is 5.10 Å². The summed E-state index contributed by atoms with van der Waals surface area (Å²) in [5.41, 5.74) is 3.55. The molecule has 2 N–H and O–H groups in total. The number of hydrazone groups is 1. The molecule has 1 aliphatic heterocycles. The molecule has 176 valence electrons. The number of carbonyl (C=O) groups is 2. The van der Waals surface area contributed by atoms with Gasteiger partial charge in [-0.05, 0) is 64.7 Å².